The summed E-state index contributed by atoms with van der Waals surface area (Å²) in [5.41, 5.74) is 4.30. The fourth-order valence-corrected chi connectivity index (χ4v) is 3.50. The molecule has 8 heteroatoms. The highest BCUT2D eigenvalue weighted by Crippen LogP contribution is 2.18. The van der Waals surface area contributed by atoms with E-state index in [-0.39, 0.29) is 12.5 Å². The molecule has 7 nitrogen and oxygen atoms in total. The van der Waals surface area contributed by atoms with E-state index in [1.54, 1.807) is 28.9 Å². The van der Waals surface area contributed by atoms with Gasteiger partial charge in [0.15, 0.2) is 0 Å². The Hall–Kier alpha value is -3.13. The number of nitrogens with zero attached hydrogens (tertiary/aromatic N) is 2. The van der Waals surface area contributed by atoms with Crippen molar-refractivity contribution in [1.29, 1.82) is 0 Å². The summed E-state index contributed by atoms with van der Waals surface area (Å²) in [6.45, 7) is 4.02. The summed E-state index contributed by atoms with van der Waals surface area (Å²) in [5, 5.41) is 7.16. The molecule has 0 bridgehead atoms. The first-order valence-electron chi connectivity index (χ1n) is 8.70. The highest BCUT2D eigenvalue weighted by molar-refractivity contribution is 7.92. The third kappa shape index (κ3) is 4.58. The lowest BCUT2D eigenvalue weighted by Crippen LogP contribution is -2.24. The molecule has 1 aromatic heterocycles. The molecule has 2 N–H and O–H groups in total. The van der Waals surface area contributed by atoms with Gasteiger partial charge in [-0.2, -0.15) is 5.10 Å². The summed E-state index contributed by atoms with van der Waals surface area (Å²) in [6.07, 6.45) is 2.62. The molecule has 0 spiro atoms. The van der Waals surface area contributed by atoms with Crippen LogP contribution >= 0.6 is 0 Å². The first kappa shape index (κ1) is 19.6. The molecule has 0 saturated heterocycles. The van der Waals surface area contributed by atoms with Crippen LogP contribution in [0.15, 0.2) is 54.7 Å². The number of amides is 1. The van der Waals surface area contributed by atoms with Gasteiger partial charge in [0.2, 0.25) is 10.0 Å². The number of nitrogens with one attached hydrogen (secondary N) is 2. The van der Waals surface area contributed by atoms with E-state index < -0.39 is 10.0 Å². The molecule has 28 heavy (non-hydrogen) atoms. The Labute approximate surface area is 164 Å². The van der Waals surface area contributed by atoms with Crippen molar-refractivity contribution in [1.82, 2.24) is 15.1 Å². The molecule has 0 aliphatic heterocycles. The summed E-state index contributed by atoms with van der Waals surface area (Å²) in [5.74, 6) is -0.273. The lowest BCUT2D eigenvalue weighted by molar-refractivity contribution is 0.0950. The average molecular weight is 398 g/mol. The zero-order valence-corrected chi connectivity index (χ0v) is 16.7. The molecule has 0 saturated carbocycles. The first-order chi connectivity index (χ1) is 13.2. The van der Waals surface area contributed by atoms with Crippen molar-refractivity contribution in [2.45, 2.75) is 20.4 Å². The number of hydrogen-bond donors (Lipinski definition) is 2. The summed E-state index contributed by atoms with van der Waals surface area (Å²) < 4.78 is 27.2. The molecule has 1 amide bonds. The SMILES string of the molecule is Cc1cccc(-n2ncc(C(=O)NCc3ccccc3NS(C)(=O)=O)c2C)c1. The average Bonchev–Trinajstić information content (AvgIpc) is 3.01. The number of carbonyl (C=O) groups excluding carboxylic acids is 1. The zero-order chi connectivity index (χ0) is 20.3. The van der Waals surface area contributed by atoms with E-state index in [9.17, 15) is 13.2 Å². The van der Waals surface area contributed by atoms with E-state index in [0.29, 0.717) is 16.8 Å². The summed E-state index contributed by atoms with van der Waals surface area (Å²) in [4.78, 5) is 12.6. The molecular weight excluding hydrogens is 376 g/mol. The van der Waals surface area contributed by atoms with Crippen LogP contribution in [0.3, 0.4) is 0 Å². The highest BCUT2D eigenvalue weighted by Gasteiger charge is 2.16. The minimum atomic E-state index is -3.40. The molecule has 146 valence electrons. The molecule has 0 radical (unpaired) electrons. The largest absolute Gasteiger partial charge is 0.348 e. The number of anilines is 1. The van der Waals surface area contributed by atoms with Crippen LogP contribution in [0.1, 0.15) is 27.2 Å². The topological polar surface area (TPSA) is 93.1 Å². The lowest BCUT2D eigenvalue weighted by Gasteiger charge is -2.11. The van der Waals surface area contributed by atoms with Gasteiger partial charge >= 0.3 is 0 Å². The van der Waals surface area contributed by atoms with Gasteiger partial charge in [-0.05, 0) is 43.2 Å². The fraction of sp³-hybridized carbons (Fsp3) is 0.200. The van der Waals surface area contributed by atoms with Crippen LogP contribution in [0.4, 0.5) is 5.69 Å². The number of sulfonamides is 1. The monoisotopic (exact) mass is 398 g/mol. The molecule has 2 aromatic carbocycles. The smallest absolute Gasteiger partial charge is 0.255 e. The minimum Gasteiger partial charge on any atom is -0.348 e. The van der Waals surface area contributed by atoms with Crippen molar-refractivity contribution in [2.75, 3.05) is 11.0 Å². The lowest BCUT2D eigenvalue weighted by atomic mass is 10.1. The number of aryl methyl sites for hydroxylation is 1. The second-order valence-electron chi connectivity index (χ2n) is 6.61. The van der Waals surface area contributed by atoms with E-state index in [2.05, 4.69) is 15.1 Å². The molecule has 0 atom stereocenters. The molecular formula is C20H22N4O3S. The number of aromatic nitrogens is 2. The van der Waals surface area contributed by atoms with Gasteiger partial charge < -0.3 is 5.32 Å². The number of carbonyl (C=O) groups is 1. The highest BCUT2D eigenvalue weighted by atomic mass is 32.2. The van der Waals surface area contributed by atoms with Gasteiger partial charge in [-0.1, -0.05) is 30.3 Å². The quantitative estimate of drug-likeness (QED) is 0.668. The van der Waals surface area contributed by atoms with Crippen LogP contribution < -0.4 is 10.0 Å². The van der Waals surface area contributed by atoms with Crippen molar-refractivity contribution in [2.24, 2.45) is 0 Å². The predicted octanol–water partition coefficient (Wildman–Crippen LogP) is 2.79. The van der Waals surface area contributed by atoms with Gasteiger partial charge in [0.05, 0.1) is 35.1 Å². The summed E-state index contributed by atoms with van der Waals surface area (Å²) in [7, 11) is -3.40. The second kappa shape index (κ2) is 7.85. The third-order valence-electron chi connectivity index (χ3n) is 4.25. The van der Waals surface area contributed by atoms with Crippen LogP contribution in [-0.4, -0.2) is 30.4 Å². The molecule has 0 fully saturated rings. The Bertz CT molecular complexity index is 1120. The summed E-state index contributed by atoms with van der Waals surface area (Å²) in [6, 6.07) is 14.8. The van der Waals surface area contributed by atoms with Crippen molar-refractivity contribution in [3.63, 3.8) is 0 Å². The molecule has 0 aliphatic carbocycles. The number of para-hydroxylation sites is 1. The first-order valence-corrected chi connectivity index (χ1v) is 10.6. The molecule has 3 rings (SSSR count). The van der Waals surface area contributed by atoms with Crippen molar-refractivity contribution < 1.29 is 13.2 Å². The van der Waals surface area contributed by atoms with Crippen LogP contribution in [-0.2, 0) is 16.6 Å². The number of rotatable bonds is 6. The van der Waals surface area contributed by atoms with E-state index in [1.807, 2.05) is 38.1 Å². The van der Waals surface area contributed by atoms with Crippen LogP contribution in [0.25, 0.3) is 5.69 Å². The van der Waals surface area contributed by atoms with E-state index in [0.717, 1.165) is 23.2 Å². The minimum absolute atomic E-state index is 0.187. The Morgan fingerprint density at radius 2 is 1.86 bits per heavy atom. The molecule has 0 unspecified atom stereocenters. The predicted molar refractivity (Wildman–Crippen MR) is 109 cm³/mol. The van der Waals surface area contributed by atoms with Crippen LogP contribution in [0, 0.1) is 13.8 Å². The zero-order valence-electron chi connectivity index (χ0n) is 15.9. The Kier molecular flexibility index (Phi) is 5.51. The Morgan fingerprint density at radius 1 is 1.11 bits per heavy atom. The van der Waals surface area contributed by atoms with Crippen molar-refractivity contribution >= 4 is 21.6 Å². The van der Waals surface area contributed by atoms with Crippen molar-refractivity contribution in [3.05, 3.63) is 77.1 Å². The van der Waals surface area contributed by atoms with Crippen LogP contribution in [0.2, 0.25) is 0 Å². The van der Waals surface area contributed by atoms with Gasteiger partial charge in [-0.3, -0.25) is 9.52 Å². The molecule has 1 heterocycles. The standard InChI is InChI=1S/C20H22N4O3S/c1-14-7-6-9-17(11-14)24-15(2)18(13-22-24)20(25)21-12-16-8-4-5-10-19(16)23-28(3,26)27/h4-11,13,23H,12H2,1-3H3,(H,21,25). The van der Waals surface area contributed by atoms with E-state index >= 15 is 0 Å². The Morgan fingerprint density at radius 3 is 2.57 bits per heavy atom. The molecule has 0 aliphatic rings. The maximum atomic E-state index is 12.6. The van der Waals surface area contributed by atoms with Gasteiger partial charge in [0.1, 0.15) is 0 Å². The fourth-order valence-electron chi connectivity index (χ4n) is 2.90. The number of benzene rings is 2. The van der Waals surface area contributed by atoms with Crippen LogP contribution in [0.5, 0.6) is 0 Å². The second-order valence-corrected chi connectivity index (χ2v) is 8.36. The van der Waals surface area contributed by atoms with Crippen molar-refractivity contribution in [3.8, 4) is 5.69 Å². The van der Waals surface area contributed by atoms with Gasteiger partial charge in [-0.15, -0.1) is 0 Å². The van der Waals surface area contributed by atoms with Gasteiger partial charge in [-0.25, -0.2) is 13.1 Å². The van der Waals surface area contributed by atoms with E-state index in [4.69, 9.17) is 0 Å². The Balaban J connectivity index is 1.77. The maximum absolute atomic E-state index is 12.6. The summed E-state index contributed by atoms with van der Waals surface area (Å²) >= 11 is 0. The molecule has 3 aromatic rings. The van der Waals surface area contributed by atoms with Gasteiger partial charge in [0, 0.05) is 6.54 Å². The van der Waals surface area contributed by atoms with E-state index in [1.165, 1.54) is 6.20 Å². The normalized spacial score (nSPS) is 11.2. The van der Waals surface area contributed by atoms with Gasteiger partial charge in [0.25, 0.3) is 5.91 Å². The number of hydrogen-bond acceptors (Lipinski definition) is 4. The maximum Gasteiger partial charge on any atom is 0.255 e. The third-order valence-corrected chi connectivity index (χ3v) is 4.84.